The molecule has 1 radical (unpaired) electrons. The Morgan fingerprint density at radius 2 is 2.00 bits per heavy atom. The lowest BCUT2D eigenvalue weighted by atomic mass is 10.0. The van der Waals surface area contributed by atoms with Crippen LogP contribution in [0.25, 0.3) is 11.1 Å². The fourth-order valence-corrected chi connectivity index (χ4v) is 1.52. The summed E-state index contributed by atoms with van der Waals surface area (Å²) >= 11 is 0. The van der Waals surface area contributed by atoms with E-state index in [1.54, 1.807) is 24.3 Å². The van der Waals surface area contributed by atoms with Gasteiger partial charge >= 0.3 is 0 Å². The average Bonchev–Trinajstić information content (AvgIpc) is 2.28. The molecule has 0 fully saturated rings. The molecular formula is C13H11O3. The molecule has 2 aromatic rings. The molecule has 0 bridgehead atoms. The van der Waals surface area contributed by atoms with E-state index in [2.05, 4.69) is 6.07 Å². The summed E-state index contributed by atoms with van der Waals surface area (Å²) < 4.78 is 5.05. The highest BCUT2D eigenvalue weighted by molar-refractivity contribution is 5.72. The van der Waals surface area contributed by atoms with Crippen LogP contribution in [0.15, 0.2) is 36.4 Å². The van der Waals surface area contributed by atoms with Crippen molar-refractivity contribution in [2.75, 3.05) is 7.11 Å². The standard InChI is InChI=1S/C13H11O3/c1-16-11-7-9(6-10(14)8-11)12-4-2-3-5-13(12)15/h2,4-8,14-15H,1H3. The molecule has 2 aromatic carbocycles. The summed E-state index contributed by atoms with van der Waals surface area (Å²) in [4.78, 5) is 0. The van der Waals surface area contributed by atoms with E-state index in [0.717, 1.165) is 0 Å². The summed E-state index contributed by atoms with van der Waals surface area (Å²) in [6, 6.07) is 12.5. The molecule has 0 spiro atoms. The van der Waals surface area contributed by atoms with Crippen molar-refractivity contribution in [1.29, 1.82) is 0 Å². The highest BCUT2D eigenvalue weighted by atomic mass is 16.5. The first-order chi connectivity index (χ1) is 7.70. The second-order valence-electron chi connectivity index (χ2n) is 3.36. The number of aromatic hydroxyl groups is 2. The minimum Gasteiger partial charge on any atom is -0.508 e. The first-order valence-electron chi connectivity index (χ1n) is 4.78. The molecule has 0 aliphatic rings. The van der Waals surface area contributed by atoms with E-state index in [1.165, 1.54) is 19.2 Å². The maximum atomic E-state index is 9.66. The summed E-state index contributed by atoms with van der Waals surface area (Å²) in [6.07, 6.45) is 0. The molecular weight excluding hydrogens is 204 g/mol. The Labute approximate surface area is 93.6 Å². The van der Waals surface area contributed by atoms with E-state index in [4.69, 9.17) is 4.74 Å². The van der Waals surface area contributed by atoms with Gasteiger partial charge in [-0.3, -0.25) is 0 Å². The second-order valence-corrected chi connectivity index (χ2v) is 3.36. The van der Waals surface area contributed by atoms with Crippen LogP contribution in [-0.2, 0) is 0 Å². The maximum absolute atomic E-state index is 9.66. The fraction of sp³-hybridized carbons (Fsp3) is 0.0769. The summed E-state index contributed by atoms with van der Waals surface area (Å²) in [5, 5.41) is 19.2. The van der Waals surface area contributed by atoms with Crippen LogP contribution in [0.3, 0.4) is 0 Å². The molecule has 0 amide bonds. The fourth-order valence-electron chi connectivity index (χ4n) is 1.52. The predicted octanol–water partition coefficient (Wildman–Crippen LogP) is 2.57. The van der Waals surface area contributed by atoms with E-state index in [1.807, 2.05) is 0 Å². The lowest BCUT2D eigenvalue weighted by Crippen LogP contribution is -1.85. The summed E-state index contributed by atoms with van der Waals surface area (Å²) in [5.74, 6) is 0.763. The minimum absolute atomic E-state index is 0.0987. The second kappa shape index (κ2) is 4.14. The average molecular weight is 215 g/mol. The highest BCUT2D eigenvalue weighted by Crippen LogP contribution is 2.33. The van der Waals surface area contributed by atoms with Crippen LogP contribution in [0.2, 0.25) is 0 Å². The maximum Gasteiger partial charge on any atom is 0.124 e. The lowest BCUT2D eigenvalue weighted by molar-refractivity contribution is 0.408. The van der Waals surface area contributed by atoms with Crippen LogP contribution in [0, 0.1) is 6.07 Å². The number of phenols is 2. The van der Waals surface area contributed by atoms with E-state index >= 15 is 0 Å². The number of benzene rings is 2. The van der Waals surface area contributed by atoms with Crippen molar-refractivity contribution in [3.63, 3.8) is 0 Å². The summed E-state index contributed by atoms with van der Waals surface area (Å²) in [6.45, 7) is 0. The molecule has 0 heterocycles. The molecule has 3 nitrogen and oxygen atoms in total. The van der Waals surface area contributed by atoms with Gasteiger partial charge in [0.1, 0.15) is 17.2 Å². The molecule has 0 saturated carbocycles. The molecule has 0 saturated heterocycles. The molecule has 81 valence electrons. The van der Waals surface area contributed by atoms with Crippen molar-refractivity contribution >= 4 is 0 Å². The van der Waals surface area contributed by atoms with Crippen LogP contribution in [0.1, 0.15) is 0 Å². The zero-order valence-corrected chi connectivity index (χ0v) is 8.77. The minimum atomic E-state index is 0.0987. The van der Waals surface area contributed by atoms with Crippen molar-refractivity contribution in [1.82, 2.24) is 0 Å². The van der Waals surface area contributed by atoms with Gasteiger partial charge in [-0.1, -0.05) is 12.1 Å². The number of rotatable bonds is 2. The van der Waals surface area contributed by atoms with E-state index in [9.17, 15) is 10.2 Å². The van der Waals surface area contributed by atoms with Gasteiger partial charge in [0.15, 0.2) is 0 Å². The molecule has 0 aromatic heterocycles. The van der Waals surface area contributed by atoms with Crippen LogP contribution < -0.4 is 4.74 Å². The predicted molar refractivity (Wildman–Crippen MR) is 60.6 cm³/mol. The highest BCUT2D eigenvalue weighted by Gasteiger charge is 2.06. The van der Waals surface area contributed by atoms with Gasteiger partial charge < -0.3 is 14.9 Å². The van der Waals surface area contributed by atoms with Crippen LogP contribution in [-0.4, -0.2) is 17.3 Å². The SMILES string of the molecule is COc1cc(O)cc(-c2cc[c]cc2O)c1. The smallest absolute Gasteiger partial charge is 0.124 e. The van der Waals surface area contributed by atoms with Crippen LogP contribution >= 0.6 is 0 Å². The number of hydrogen-bond acceptors (Lipinski definition) is 3. The Morgan fingerprint density at radius 1 is 1.19 bits per heavy atom. The van der Waals surface area contributed by atoms with Gasteiger partial charge in [0.05, 0.1) is 7.11 Å². The Hall–Kier alpha value is -2.16. The van der Waals surface area contributed by atoms with Gasteiger partial charge in [0, 0.05) is 11.6 Å². The van der Waals surface area contributed by atoms with E-state index in [-0.39, 0.29) is 11.5 Å². The first kappa shape index (κ1) is 10.4. The summed E-state index contributed by atoms with van der Waals surface area (Å²) in [5.41, 5.74) is 1.33. The molecule has 2 rings (SSSR count). The Kier molecular flexibility index (Phi) is 2.68. The number of hydrogen-bond donors (Lipinski definition) is 2. The topological polar surface area (TPSA) is 49.7 Å². The number of phenolic OH excluding ortho intramolecular Hbond substituents is 2. The van der Waals surface area contributed by atoms with Crippen molar-refractivity contribution in [3.05, 3.63) is 42.5 Å². The monoisotopic (exact) mass is 215 g/mol. The van der Waals surface area contributed by atoms with Crippen LogP contribution in [0.4, 0.5) is 0 Å². The van der Waals surface area contributed by atoms with Crippen molar-refractivity contribution in [2.24, 2.45) is 0 Å². The number of methoxy groups -OCH3 is 1. The quantitative estimate of drug-likeness (QED) is 0.809. The zero-order chi connectivity index (χ0) is 11.5. The molecule has 2 N–H and O–H groups in total. The van der Waals surface area contributed by atoms with Gasteiger partial charge in [0.2, 0.25) is 0 Å². The molecule has 0 aliphatic carbocycles. The molecule has 16 heavy (non-hydrogen) atoms. The van der Waals surface area contributed by atoms with Gasteiger partial charge in [0.25, 0.3) is 0 Å². The molecule has 0 unspecified atom stereocenters. The van der Waals surface area contributed by atoms with E-state index < -0.39 is 0 Å². The van der Waals surface area contributed by atoms with Gasteiger partial charge in [-0.2, -0.15) is 0 Å². The Morgan fingerprint density at radius 3 is 2.69 bits per heavy atom. The third-order valence-corrected chi connectivity index (χ3v) is 2.28. The van der Waals surface area contributed by atoms with Crippen molar-refractivity contribution in [3.8, 4) is 28.4 Å². The van der Waals surface area contributed by atoms with Gasteiger partial charge in [-0.25, -0.2) is 0 Å². The summed E-state index contributed by atoms with van der Waals surface area (Å²) in [7, 11) is 1.52. The van der Waals surface area contributed by atoms with Gasteiger partial charge in [-0.15, -0.1) is 0 Å². The first-order valence-corrected chi connectivity index (χ1v) is 4.78. The van der Waals surface area contributed by atoms with Crippen molar-refractivity contribution < 1.29 is 14.9 Å². The number of ether oxygens (including phenoxy) is 1. The van der Waals surface area contributed by atoms with E-state index in [0.29, 0.717) is 16.9 Å². The van der Waals surface area contributed by atoms with Crippen LogP contribution in [0.5, 0.6) is 17.2 Å². The molecule has 0 atom stereocenters. The van der Waals surface area contributed by atoms with Crippen molar-refractivity contribution in [2.45, 2.75) is 0 Å². The third kappa shape index (κ3) is 1.93. The zero-order valence-electron chi connectivity index (χ0n) is 8.77. The Balaban J connectivity index is 2.56. The molecule has 3 heteroatoms. The molecule has 0 aliphatic heterocycles. The Bertz CT molecular complexity index is 506. The largest absolute Gasteiger partial charge is 0.508 e. The lowest BCUT2D eigenvalue weighted by Gasteiger charge is -2.07. The van der Waals surface area contributed by atoms with Gasteiger partial charge in [-0.05, 0) is 29.8 Å². The third-order valence-electron chi connectivity index (χ3n) is 2.28. The normalized spacial score (nSPS) is 10.1.